The van der Waals surface area contributed by atoms with Gasteiger partial charge in [0.25, 0.3) is 5.69 Å². The molecule has 0 amide bonds. The van der Waals surface area contributed by atoms with Crippen LogP contribution >= 0.6 is 15.9 Å². The van der Waals surface area contributed by atoms with Crippen LogP contribution in [-0.4, -0.2) is 34.1 Å². The van der Waals surface area contributed by atoms with Gasteiger partial charge in [0, 0.05) is 18.7 Å². The average molecular weight is 316 g/mol. The Morgan fingerprint density at radius 1 is 1.67 bits per heavy atom. The zero-order valence-corrected chi connectivity index (χ0v) is 11.0. The lowest BCUT2D eigenvalue weighted by atomic mass is 10.0. The van der Waals surface area contributed by atoms with E-state index in [2.05, 4.69) is 20.9 Å². The van der Waals surface area contributed by atoms with Crippen molar-refractivity contribution in [3.05, 3.63) is 26.3 Å². The Labute approximate surface area is 111 Å². The van der Waals surface area contributed by atoms with Gasteiger partial charge in [-0.3, -0.25) is 14.9 Å². The van der Waals surface area contributed by atoms with Crippen LogP contribution in [0.15, 0.2) is 10.7 Å². The summed E-state index contributed by atoms with van der Waals surface area (Å²) in [4.78, 5) is 26.7. The predicted octanol–water partition coefficient (Wildman–Crippen LogP) is 1.58. The number of hydrogen-bond acceptors (Lipinski definition) is 5. The van der Waals surface area contributed by atoms with E-state index in [0.29, 0.717) is 28.9 Å². The molecule has 1 N–H and O–H groups in total. The van der Waals surface area contributed by atoms with Gasteiger partial charge in [-0.2, -0.15) is 0 Å². The first-order chi connectivity index (χ1) is 8.41. The molecule has 2 rings (SSSR count). The summed E-state index contributed by atoms with van der Waals surface area (Å²) in [5.74, 6) is -0.675. The molecule has 7 nitrogen and oxygen atoms in total. The van der Waals surface area contributed by atoms with Crippen LogP contribution in [-0.2, 0) is 4.79 Å². The first-order valence-corrected chi connectivity index (χ1v) is 5.98. The molecule has 1 saturated heterocycles. The van der Waals surface area contributed by atoms with Crippen molar-refractivity contribution in [2.45, 2.75) is 6.92 Å². The Hall–Kier alpha value is -1.70. The highest BCUT2D eigenvalue weighted by Gasteiger charge is 2.35. The molecule has 1 aliphatic rings. The Morgan fingerprint density at radius 3 is 2.78 bits per heavy atom. The first kappa shape index (κ1) is 12.7. The molecule has 1 aromatic heterocycles. The normalized spacial score (nSPS) is 15.3. The summed E-state index contributed by atoms with van der Waals surface area (Å²) in [6.45, 7) is 2.37. The number of nitrogens with zero attached hydrogens (tertiary/aromatic N) is 3. The van der Waals surface area contributed by atoms with Gasteiger partial charge < -0.3 is 10.0 Å². The number of rotatable bonds is 3. The Balaban J connectivity index is 2.24. The van der Waals surface area contributed by atoms with Crippen molar-refractivity contribution in [3.63, 3.8) is 0 Å². The Bertz CT molecular complexity index is 528. The highest BCUT2D eigenvalue weighted by atomic mass is 79.9. The van der Waals surface area contributed by atoms with Gasteiger partial charge in [0.2, 0.25) is 0 Å². The number of nitro groups is 1. The van der Waals surface area contributed by atoms with Crippen LogP contribution in [0.2, 0.25) is 0 Å². The standard InChI is InChI=1S/C10H10BrN3O4/c1-5-7(14(17)18)2-12-9(8(5)11)13-3-6(4-13)10(15)16/h2,6H,3-4H2,1H3,(H,15,16). The maximum atomic E-state index is 10.7. The van der Waals surface area contributed by atoms with Crippen LogP contribution in [0.5, 0.6) is 0 Å². The molecule has 0 spiro atoms. The summed E-state index contributed by atoms with van der Waals surface area (Å²) >= 11 is 3.28. The fraction of sp³-hybridized carbons (Fsp3) is 0.400. The molecular formula is C10H10BrN3O4. The molecule has 0 bridgehead atoms. The van der Waals surface area contributed by atoms with E-state index in [1.807, 2.05) is 0 Å². The summed E-state index contributed by atoms with van der Waals surface area (Å²) in [6.07, 6.45) is 1.20. The number of anilines is 1. The molecule has 0 saturated carbocycles. The van der Waals surface area contributed by atoms with Crippen LogP contribution in [0.25, 0.3) is 0 Å². The number of carbonyl (C=O) groups is 1. The number of aromatic nitrogens is 1. The maximum Gasteiger partial charge on any atom is 0.310 e. The predicted molar refractivity (Wildman–Crippen MR) is 66.7 cm³/mol. The van der Waals surface area contributed by atoms with Crippen LogP contribution in [0.1, 0.15) is 5.56 Å². The van der Waals surface area contributed by atoms with E-state index in [1.165, 1.54) is 6.20 Å². The Morgan fingerprint density at radius 2 is 2.28 bits per heavy atom. The fourth-order valence-electron chi connectivity index (χ4n) is 1.77. The minimum atomic E-state index is -0.832. The summed E-state index contributed by atoms with van der Waals surface area (Å²) < 4.78 is 0.542. The van der Waals surface area contributed by atoms with Crippen LogP contribution in [0.3, 0.4) is 0 Å². The van der Waals surface area contributed by atoms with Gasteiger partial charge in [-0.25, -0.2) is 4.98 Å². The number of pyridine rings is 1. The second-order valence-corrected chi connectivity index (χ2v) is 4.90. The molecule has 0 radical (unpaired) electrons. The van der Waals surface area contributed by atoms with Gasteiger partial charge in [0.1, 0.15) is 12.0 Å². The highest BCUT2D eigenvalue weighted by Crippen LogP contribution is 2.35. The molecule has 96 valence electrons. The van der Waals surface area contributed by atoms with Crippen molar-refractivity contribution in [1.82, 2.24) is 4.98 Å². The van der Waals surface area contributed by atoms with E-state index in [1.54, 1.807) is 11.8 Å². The van der Waals surface area contributed by atoms with Crippen LogP contribution in [0.4, 0.5) is 11.5 Å². The number of halogens is 1. The molecule has 1 fully saturated rings. The van der Waals surface area contributed by atoms with E-state index in [0.717, 1.165) is 0 Å². The van der Waals surface area contributed by atoms with Crippen molar-refractivity contribution < 1.29 is 14.8 Å². The minimum Gasteiger partial charge on any atom is -0.481 e. The largest absolute Gasteiger partial charge is 0.481 e. The van der Waals surface area contributed by atoms with Gasteiger partial charge in [-0.15, -0.1) is 0 Å². The SMILES string of the molecule is Cc1c([N+](=O)[O-])cnc(N2CC(C(=O)O)C2)c1Br. The van der Waals surface area contributed by atoms with E-state index < -0.39 is 16.8 Å². The van der Waals surface area contributed by atoms with Gasteiger partial charge >= 0.3 is 5.97 Å². The number of aliphatic carboxylic acids is 1. The van der Waals surface area contributed by atoms with Gasteiger partial charge in [0.05, 0.1) is 15.3 Å². The van der Waals surface area contributed by atoms with Crippen LogP contribution in [0, 0.1) is 23.0 Å². The third-order valence-corrected chi connectivity index (χ3v) is 3.90. The van der Waals surface area contributed by atoms with E-state index in [-0.39, 0.29) is 5.69 Å². The van der Waals surface area contributed by atoms with Gasteiger partial charge in [-0.1, -0.05) is 0 Å². The molecule has 8 heteroatoms. The fourth-order valence-corrected chi connectivity index (χ4v) is 2.32. The Kier molecular flexibility index (Phi) is 3.20. The lowest BCUT2D eigenvalue weighted by Crippen LogP contribution is -2.51. The number of carboxylic acids is 1. The van der Waals surface area contributed by atoms with E-state index >= 15 is 0 Å². The molecule has 2 heterocycles. The minimum absolute atomic E-state index is 0.0547. The van der Waals surface area contributed by atoms with Crippen LogP contribution < -0.4 is 4.90 Å². The summed E-state index contributed by atoms with van der Waals surface area (Å²) in [6, 6.07) is 0. The second kappa shape index (κ2) is 4.52. The lowest BCUT2D eigenvalue weighted by molar-refractivity contribution is -0.385. The molecule has 0 atom stereocenters. The first-order valence-electron chi connectivity index (χ1n) is 5.19. The van der Waals surface area contributed by atoms with Gasteiger partial charge in [0.15, 0.2) is 0 Å². The highest BCUT2D eigenvalue weighted by molar-refractivity contribution is 9.10. The summed E-state index contributed by atoms with van der Waals surface area (Å²) in [5.41, 5.74) is 0.435. The monoisotopic (exact) mass is 315 g/mol. The molecular weight excluding hydrogens is 306 g/mol. The average Bonchev–Trinajstić information content (AvgIpc) is 2.21. The van der Waals surface area contributed by atoms with Crippen molar-refractivity contribution in [2.75, 3.05) is 18.0 Å². The molecule has 1 aromatic rings. The lowest BCUT2D eigenvalue weighted by Gasteiger charge is -2.38. The van der Waals surface area contributed by atoms with Crippen molar-refractivity contribution in [2.24, 2.45) is 5.92 Å². The summed E-state index contributed by atoms with van der Waals surface area (Å²) in [7, 11) is 0. The second-order valence-electron chi connectivity index (χ2n) is 4.10. The molecule has 0 aliphatic carbocycles. The van der Waals surface area contributed by atoms with E-state index in [4.69, 9.17) is 5.11 Å². The van der Waals surface area contributed by atoms with Gasteiger partial charge in [-0.05, 0) is 22.9 Å². The van der Waals surface area contributed by atoms with Crippen molar-refractivity contribution in [1.29, 1.82) is 0 Å². The van der Waals surface area contributed by atoms with E-state index in [9.17, 15) is 14.9 Å². The number of carboxylic acid groups (broad SMARTS) is 1. The quantitative estimate of drug-likeness (QED) is 0.672. The topological polar surface area (TPSA) is 96.6 Å². The third-order valence-electron chi connectivity index (χ3n) is 2.95. The maximum absolute atomic E-state index is 10.7. The molecule has 18 heavy (non-hydrogen) atoms. The third kappa shape index (κ3) is 2.03. The molecule has 1 aliphatic heterocycles. The smallest absolute Gasteiger partial charge is 0.310 e. The zero-order valence-electron chi connectivity index (χ0n) is 9.46. The summed E-state index contributed by atoms with van der Waals surface area (Å²) in [5, 5.41) is 19.5. The number of hydrogen-bond donors (Lipinski definition) is 1. The van der Waals surface area contributed by atoms with Crippen molar-refractivity contribution >= 4 is 33.4 Å². The molecule has 0 unspecified atom stereocenters. The van der Waals surface area contributed by atoms with Crippen molar-refractivity contribution in [3.8, 4) is 0 Å². The zero-order chi connectivity index (χ0) is 13.4. The molecule has 0 aromatic carbocycles.